The van der Waals surface area contributed by atoms with E-state index in [1.807, 2.05) is 6.92 Å². The van der Waals surface area contributed by atoms with Crippen LogP contribution in [-0.2, 0) is 11.2 Å². The molecular formula is C16H21N3O4. The van der Waals surface area contributed by atoms with Crippen molar-refractivity contribution in [3.05, 3.63) is 24.5 Å². The first-order chi connectivity index (χ1) is 11.1. The third-order valence-corrected chi connectivity index (χ3v) is 4.59. The Labute approximate surface area is 134 Å². The van der Waals surface area contributed by atoms with Gasteiger partial charge in [0, 0.05) is 24.3 Å². The van der Waals surface area contributed by atoms with Crippen molar-refractivity contribution in [2.45, 2.75) is 45.1 Å². The lowest BCUT2D eigenvalue weighted by molar-refractivity contribution is -0.122. The SMILES string of the molecule is CC1(CO)CCCC1NC(=O)CCc1nc(-c2ccoc2)no1. The minimum atomic E-state index is -0.214. The van der Waals surface area contributed by atoms with Gasteiger partial charge in [0.25, 0.3) is 0 Å². The second-order valence-electron chi connectivity index (χ2n) is 6.35. The summed E-state index contributed by atoms with van der Waals surface area (Å²) in [5.74, 6) is 0.824. The maximum absolute atomic E-state index is 12.1. The summed E-state index contributed by atoms with van der Waals surface area (Å²) in [6.07, 6.45) is 6.62. The average Bonchev–Trinajstić information content (AvgIpc) is 3.26. The Balaban J connectivity index is 1.51. The number of nitrogens with one attached hydrogen (secondary N) is 1. The molecule has 2 aromatic heterocycles. The number of amides is 1. The first-order valence-corrected chi connectivity index (χ1v) is 7.86. The number of carbonyl (C=O) groups excluding carboxylic acids is 1. The van der Waals surface area contributed by atoms with Crippen molar-refractivity contribution >= 4 is 5.91 Å². The Morgan fingerprint density at radius 2 is 2.43 bits per heavy atom. The topological polar surface area (TPSA) is 101 Å². The van der Waals surface area contributed by atoms with Gasteiger partial charge in [0.1, 0.15) is 6.26 Å². The molecule has 2 unspecified atom stereocenters. The van der Waals surface area contributed by atoms with Crippen LogP contribution in [0.4, 0.5) is 0 Å². The largest absolute Gasteiger partial charge is 0.472 e. The normalized spacial score (nSPS) is 24.0. The molecule has 7 nitrogen and oxygen atoms in total. The van der Waals surface area contributed by atoms with Gasteiger partial charge in [0.15, 0.2) is 0 Å². The highest BCUT2D eigenvalue weighted by Gasteiger charge is 2.38. The van der Waals surface area contributed by atoms with E-state index in [-0.39, 0.29) is 30.4 Å². The Hall–Kier alpha value is -2.15. The molecule has 2 atom stereocenters. The van der Waals surface area contributed by atoms with Crippen molar-refractivity contribution in [3.8, 4) is 11.4 Å². The van der Waals surface area contributed by atoms with Gasteiger partial charge in [-0.1, -0.05) is 18.5 Å². The van der Waals surface area contributed by atoms with Crippen LogP contribution in [0.2, 0.25) is 0 Å². The standard InChI is InChI=1S/C16H21N3O4/c1-16(10-20)7-2-3-12(16)17-13(21)4-5-14-18-15(19-23-14)11-6-8-22-9-11/h6,8-9,12,20H,2-5,7,10H2,1H3,(H,17,21). The van der Waals surface area contributed by atoms with Crippen LogP contribution >= 0.6 is 0 Å². The summed E-state index contributed by atoms with van der Waals surface area (Å²) >= 11 is 0. The number of rotatable bonds is 6. The van der Waals surface area contributed by atoms with E-state index in [0.717, 1.165) is 24.8 Å². The van der Waals surface area contributed by atoms with Crippen molar-refractivity contribution in [1.82, 2.24) is 15.5 Å². The number of carbonyl (C=O) groups is 1. The first kappa shape index (κ1) is 15.7. The van der Waals surface area contributed by atoms with Crippen LogP contribution in [-0.4, -0.2) is 33.8 Å². The molecule has 0 aromatic carbocycles. The van der Waals surface area contributed by atoms with Gasteiger partial charge in [-0.2, -0.15) is 4.98 Å². The molecule has 1 amide bonds. The Morgan fingerprint density at radius 1 is 1.57 bits per heavy atom. The lowest BCUT2D eigenvalue weighted by Crippen LogP contribution is -2.44. The summed E-state index contributed by atoms with van der Waals surface area (Å²) in [5, 5.41) is 16.4. The molecular weight excluding hydrogens is 298 g/mol. The molecule has 2 heterocycles. The number of aromatic nitrogens is 2. The number of hydrogen-bond donors (Lipinski definition) is 2. The number of hydrogen-bond acceptors (Lipinski definition) is 6. The molecule has 0 bridgehead atoms. The highest BCUT2D eigenvalue weighted by Crippen LogP contribution is 2.37. The third kappa shape index (κ3) is 3.44. The minimum absolute atomic E-state index is 0.0316. The molecule has 2 aromatic rings. The zero-order valence-electron chi connectivity index (χ0n) is 13.1. The van der Waals surface area contributed by atoms with Gasteiger partial charge >= 0.3 is 0 Å². The highest BCUT2D eigenvalue weighted by atomic mass is 16.5. The van der Waals surface area contributed by atoms with E-state index >= 15 is 0 Å². The number of aliphatic hydroxyl groups is 1. The van der Waals surface area contributed by atoms with Crippen molar-refractivity contribution in [2.24, 2.45) is 5.41 Å². The molecule has 0 saturated heterocycles. The zero-order valence-corrected chi connectivity index (χ0v) is 13.1. The van der Waals surface area contributed by atoms with Crippen molar-refractivity contribution < 1.29 is 18.8 Å². The van der Waals surface area contributed by atoms with Gasteiger partial charge < -0.3 is 19.4 Å². The summed E-state index contributed by atoms with van der Waals surface area (Å²) in [5.41, 5.74) is 0.531. The summed E-state index contributed by atoms with van der Waals surface area (Å²) in [4.78, 5) is 16.4. The second-order valence-corrected chi connectivity index (χ2v) is 6.35. The molecule has 0 radical (unpaired) electrons. The summed E-state index contributed by atoms with van der Waals surface area (Å²) in [7, 11) is 0. The van der Waals surface area contributed by atoms with E-state index in [9.17, 15) is 9.90 Å². The molecule has 7 heteroatoms. The second kappa shape index (κ2) is 6.54. The molecule has 1 aliphatic carbocycles. The number of furan rings is 1. The van der Waals surface area contributed by atoms with Crippen molar-refractivity contribution in [1.29, 1.82) is 0 Å². The van der Waals surface area contributed by atoms with Crippen LogP contribution in [0, 0.1) is 5.41 Å². The van der Waals surface area contributed by atoms with Crippen molar-refractivity contribution in [3.63, 3.8) is 0 Å². The van der Waals surface area contributed by atoms with Gasteiger partial charge in [-0.05, 0) is 18.9 Å². The van der Waals surface area contributed by atoms with Crippen LogP contribution in [0.15, 0.2) is 27.5 Å². The Bertz CT molecular complexity index is 652. The quantitative estimate of drug-likeness (QED) is 0.843. The van der Waals surface area contributed by atoms with Gasteiger partial charge in [0.2, 0.25) is 17.6 Å². The Kier molecular flexibility index (Phi) is 4.47. The van der Waals surface area contributed by atoms with Gasteiger partial charge in [-0.25, -0.2) is 0 Å². The minimum Gasteiger partial charge on any atom is -0.472 e. The fourth-order valence-electron chi connectivity index (χ4n) is 3.02. The van der Waals surface area contributed by atoms with E-state index in [1.165, 1.54) is 6.26 Å². The summed E-state index contributed by atoms with van der Waals surface area (Å²) in [6.45, 7) is 2.11. The molecule has 0 aliphatic heterocycles. The predicted octanol–water partition coefficient (Wildman–Crippen LogP) is 1.93. The lowest BCUT2D eigenvalue weighted by atomic mass is 9.86. The van der Waals surface area contributed by atoms with E-state index in [0.29, 0.717) is 18.1 Å². The number of nitrogens with zero attached hydrogens (tertiary/aromatic N) is 2. The maximum Gasteiger partial charge on any atom is 0.227 e. The van der Waals surface area contributed by atoms with Crippen LogP contribution in [0.5, 0.6) is 0 Å². The third-order valence-electron chi connectivity index (χ3n) is 4.59. The molecule has 1 fully saturated rings. The molecule has 2 N–H and O–H groups in total. The summed E-state index contributed by atoms with van der Waals surface area (Å²) in [6, 6.07) is 1.78. The monoisotopic (exact) mass is 319 g/mol. The maximum atomic E-state index is 12.1. The number of aryl methyl sites for hydroxylation is 1. The first-order valence-electron chi connectivity index (χ1n) is 7.86. The smallest absolute Gasteiger partial charge is 0.227 e. The molecule has 1 saturated carbocycles. The van der Waals surface area contributed by atoms with E-state index in [2.05, 4.69) is 15.5 Å². The van der Waals surface area contributed by atoms with E-state index in [4.69, 9.17) is 8.94 Å². The van der Waals surface area contributed by atoms with E-state index < -0.39 is 0 Å². The molecule has 0 spiro atoms. The van der Waals surface area contributed by atoms with Gasteiger partial charge in [-0.3, -0.25) is 4.79 Å². The van der Waals surface area contributed by atoms with Crippen LogP contribution < -0.4 is 5.32 Å². The van der Waals surface area contributed by atoms with Crippen LogP contribution in [0.3, 0.4) is 0 Å². The molecule has 124 valence electrons. The van der Waals surface area contributed by atoms with Crippen LogP contribution in [0.1, 0.15) is 38.5 Å². The van der Waals surface area contributed by atoms with Gasteiger partial charge in [0.05, 0.1) is 18.4 Å². The lowest BCUT2D eigenvalue weighted by Gasteiger charge is -2.30. The fourth-order valence-corrected chi connectivity index (χ4v) is 3.02. The fraction of sp³-hybridized carbons (Fsp3) is 0.562. The Morgan fingerprint density at radius 3 is 3.17 bits per heavy atom. The molecule has 23 heavy (non-hydrogen) atoms. The molecule has 3 rings (SSSR count). The molecule has 1 aliphatic rings. The predicted molar refractivity (Wildman–Crippen MR) is 81.3 cm³/mol. The van der Waals surface area contributed by atoms with Crippen molar-refractivity contribution in [2.75, 3.05) is 6.61 Å². The van der Waals surface area contributed by atoms with Gasteiger partial charge in [-0.15, -0.1) is 0 Å². The summed E-state index contributed by atoms with van der Waals surface area (Å²) < 4.78 is 10.1. The number of aliphatic hydroxyl groups excluding tert-OH is 1. The van der Waals surface area contributed by atoms with Crippen LogP contribution in [0.25, 0.3) is 11.4 Å². The van der Waals surface area contributed by atoms with E-state index in [1.54, 1.807) is 12.3 Å². The zero-order chi connectivity index (χ0) is 16.3. The highest BCUT2D eigenvalue weighted by molar-refractivity contribution is 5.76. The average molecular weight is 319 g/mol.